The molecule has 82 valence electrons. The first-order chi connectivity index (χ1) is 7.61. The van der Waals surface area contributed by atoms with Crippen LogP contribution in [-0.4, -0.2) is 6.21 Å². The highest BCUT2D eigenvalue weighted by molar-refractivity contribution is 5.82. The summed E-state index contributed by atoms with van der Waals surface area (Å²) >= 11 is 0. The van der Waals surface area contributed by atoms with Crippen LogP contribution >= 0.6 is 0 Å². The smallest absolute Gasteiger partial charge is 0.0515 e. The van der Waals surface area contributed by atoms with Gasteiger partial charge in [0.05, 0.1) is 5.70 Å². The van der Waals surface area contributed by atoms with E-state index in [1.807, 2.05) is 0 Å². The molecular weight excluding hydrogens is 194 g/mol. The van der Waals surface area contributed by atoms with Crippen molar-refractivity contribution in [3.63, 3.8) is 0 Å². The van der Waals surface area contributed by atoms with Gasteiger partial charge < -0.3 is 0 Å². The highest BCUT2D eigenvalue weighted by Crippen LogP contribution is 2.62. The molecule has 2 unspecified atom stereocenters. The fourth-order valence-electron chi connectivity index (χ4n) is 3.32. The van der Waals surface area contributed by atoms with Gasteiger partial charge in [-0.05, 0) is 24.5 Å². The van der Waals surface area contributed by atoms with Crippen LogP contribution in [0.5, 0.6) is 0 Å². The molecule has 2 atom stereocenters. The summed E-state index contributed by atoms with van der Waals surface area (Å²) in [7, 11) is 0. The van der Waals surface area contributed by atoms with Gasteiger partial charge in [0.15, 0.2) is 0 Å². The van der Waals surface area contributed by atoms with Gasteiger partial charge in [-0.15, -0.1) is 0 Å². The molecule has 0 fully saturated rings. The molecule has 3 aliphatic rings. The second-order valence-electron chi connectivity index (χ2n) is 5.36. The fraction of sp³-hybridized carbons (Fsp3) is 0.400. The first-order valence-corrected chi connectivity index (χ1v) is 5.95. The molecule has 2 aliphatic carbocycles. The van der Waals surface area contributed by atoms with Crippen molar-refractivity contribution < 1.29 is 0 Å². The molecule has 0 amide bonds. The highest BCUT2D eigenvalue weighted by atomic mass is 14.9. The third-order valence-electron chi connectivity index (χ3n) is 4.51. The zero-order valence-electron chi connectivity index (χ0n) is 10.1. The molecule has 1 heterocycles. The summed E-state index contributed by atoms with van der Waals surface area (Å²) in [6.45, 7) is 6.89. The van der Waals surface area contributed by atoms with Crippen LogP contribution in [0, 0.1) is 16.7 Å². The average Bonchev–Trinajstić information content (AvgIpc) is 2.61. The van der Waals surface area contributed by atoms with Crippen molar-refractivity contribution in [2.45, 2.75) is 20.8 Å². The molecule has 0 N–H and O–H groups in total. The van der Waals surface area contributed by atoms with Gasteiger partial charge in [-0.3, -0.25) is 4.99 Å². The minimum Gasteiger partial charge on any atom is -0.264 e. The molecule has 1 nitrogen and oxygen atoms in total. The monoisotopic (exact) mass is 211 g/mol. The zero-order valence-corrected chi connectivity index (χ0v) is 10.1. The van der Waals surface area contributed by atoms with E-state index < -0.39 is 0 Å². The quantitative estimate of drug-likeness (QED) is 0.627. The Morgan fingerprint density at radius 2 is 1.94 bits per heavy atom. The Morgan fingerprint density at radius 1 is 1.19 bits per heavy atom. The van der Waals surface area contributed by atoms with E-state index in [4.69, 9.17) is 0 Å². The standard InChI is InChI=1S/C15H17N/c1-11(2)15-9-8-12-6-4-5-7-13(16-10-15)14(12,15)3/h4-11H,1-3H3. The van der Waals surface area contributed by atoms with Crippen LogP contribution in [0.4, 0.5) is 0 Å². The van der Waals surface area contributed by atoms with Gasteiger partial charge >= 0.3 is 0 Å². The van der Waals surface area contributed by atoms with E-state index in [0.717, 1.165) is 0 Å². The molecular formula is C15H17N. The van der Waals surface area contributed by atoms with Crippen LogP contribution < -0.4 is 0 Å². The summed E-state index contributed by atoms with van der Waals surface area (Å²) in [4.78, 5) is 4.66. The summed E-state index contributed by atoms with van der Waals surface area (Å²) in [5.41, 5.74) is 2.71. The molecule has 16 heavy (non-hydrogen) atoms. The van der Waals surface area contributed by atoms with Crippen molar-refractivity contribution in [3.8, 4) is 0 Å². The summed E-state index contributed by atoms with van der Waals surface area (Å²) in [6.07, 6.45) is 15.3. The van der Waals surface area contributed by atoms with Crippen LogP contribution in [0.2, 0.25) is 0 Å². The Hall–Kier alpha value is -1.37. The molecule has 1 aliphatic heterocycles. The molecule has 0 aromatic carbocycles. The number of hydrogen-bond donors (Lipinski definition) is 0. The lowest BCUT2D eigenvalue weighted by Crippen LogP contribution is -2.39. The Kier molecular flexibility index (Phi) is 1.75. The summed E-state index contributed by atoms with van der Waals surface area (Å²) in [6, 6.07) is 0. The van der Waals surface area contributed by atoms with Crippen LogP contribution in [-0.2, 0) is 0 Å². The van der Waals surface area contributed by atoms with Crippen LogP contribution in [0.1, 0.15) is 20.8 Å². The van der Waals surface area contributed by atoms with Crippen LogP contribution in [0.3, 0.4) is 0 Å². The van der Waals surface area contributed by atoms with Gasteiger partial charge in [0.2, 0.25) is 0 Å². The fourth-order valence-corrected chi connectivity index (χ4v) is 3.32. The first kappa shape index (κ1) is 9.83. The number of hydrogen-bond acceptors (Lipinski definition) is 1. The SMILES string of the molecule is CC(C)C12C=CC3=CC=CC=C(N=C1)C32C. The minimum atomic E-state index is 0.0463. The molecule has 0 saturated heterocycles. The topological polar surface area (TPSA) is 12.4 Å². The van der Waals surface area contributed by atoms with Crippen molar-refractivity contribution >= 4 is 6.21 Å². The third-order valence-corrected chi connectivity index (χ3v) is 4.51. The maximum Gasteiger partial charge on any atom is 0.0515 e. The lowest BCUT2D eigenvalue weighted by atomic mass is 9.60. The van der Waals surface area contributed by atoms with E-state index in [2.05, 4.69) is 68.4 Å². The average molecular weight is 211 g/mol. The molecule has 0 aromatic rings. The summed E-state index contributed by atoms with van der Waals surface area (Å²) < 4.78 is 0. The van der Waals surface area contributed by atoms with Gasteiger partial charge in [-0.25, -0.2) is 0 Å². The molecule has 0 spiro atoms. The van der Waals surface area contributed by atoms with Crippen LogP contribution in [0.15, 0.2) is 52.7 Å². The maximum atomic E-state index is 4.66. The molecule has 0 saturated carbocycles. The predicted molar refractivity (Wildman–Crippen MR) is 68.3 cm³/mol. The number of nitrogens with zero attached hydrogens (tertiary/aromatic N) is 1. The third kappa shape index (κ3) is 0.858. The Morgan fingerprint density at radius 3 is 2.69 bits per heavy atom. The normalized spacial score (nSPS) is 38.8. The summed E-state index contributed by atoms with van der Waals surface area (Å²) in [5, 5.41) is 0. The van der Waals surface area contributed by atoms with Crippen molar-refractivity contribution in [3.05, 3.63) is 47.7 Å². The number of allylic oxidation sites excluding steroid dienone is 7. The van der Waals surface area contributed by atoms with Gasteiger partial charge in [-0.1, -0.05) is 44.2 Å². The van der Waals surface area contributed by atoms with Crippen molar-refractivity contribution in [2.75, 3.05) is 0 Å². The Labute approximate surface area is 97.0 Å². The van der Waals surface area contributed by atoms with E-state index in [0.29, 0.717) is 5.92 Å². The first-order valence-electron chi connectivity index (χ1n) is 5.95. The number of rotatable bonds is 1. The van der Waals surface area contributed by atoms with Crippen molar-refractivity contribution in [1.29, 1.82) is 0 Å². The van der Waals surface area contributed by atoms with E-state index >= 15 is 0 Å². The van der Waals surface area contributed by atoms with Crippen LogP contribution in [0.25, 0.3) is 0 Å². The second-order valence-corrected chi connectivity index (χ2v) is 5.36. The Bertz CT molecular complexity index is 450. The zero-order chi connectivity index (χ0) is 11.4. The highest BCUT2D eigenvalue weighted by Gasteiger charge is 2.57. The van der Waals surface area contributed by atoms with E-state index in [1.54, 1.807) is 0 Å². The number of aliphatic imine (C=N–C) groups is 1. The Balaban J connectivity index is 2.29. The van der Waals surface area contributed by atoms with Crippen molar-refractivity contribution in [2.24, 2.45) is 21.7 Å². The van der Waals surface area contributed by atoms with Gasteiger partial charge in [0, 0.05) is 17.0 Å². The largest absolute Gasteiger partial charge is 0.264 e. The van der Waals surface area contributed by atoms with Gasteiger partial charge in [0.25, 0.3) is 0 Å². The molecule has 1 heteroatoms. The van der Waals surface area contributed by atoms with E-state index in [9.17, 15) is 0 Å². The van der Waals surface area contributed by atoms with E-state index in [-0.39, 0.29) is 10.8 Å². The van der Waals surface area contributed by atoms with Crippen molar-refractivity contribution in [1.82, 2.24) is 0 Å². The van der Waals surface area contributed by atoms with E-state index in [1.165, 1.54) is 11.3 Å². The van der Waals surface area contributed by atoms with Gasteiger partial charge in [0.1, 0.15) is 0 Å². The molecule has 3 rings (SSSR count). The van der Waals surface area contributed by atoms with Gasteiger partial charge in [-0.2, -0.15) is 0 Å². The predicted octanol–water partition coefficient (Wildman–Crippen LogP) is 3.67. The lowest BCUT2D eigenvalue weighted by molar-refractivity contribution is 0.240. The minimum absolute atomic E-state index is 0.0463. The lowest BCUT2D eigenvalue weighted by Gasteiger charge is -2.40. The maximum absolute atomic E-state index is 4.66. The molecule has 0 bridgehead atoms. The summed E-state index contributed by atoms with van der Waals surface area (Å²) in [5.74, 6) is 0.562. The second kappa shape index (κ2) is 2.85. The molecule has 0 aromatic heterocycles. The molecule has 0 radical (unpaired) electrons.